The summed E-state index contributed by atoms with van der Waals surface area (Å²) in [4.78, 5) is 14.4. The fraction of sp³-hybridized carbons (Fsp3) is 0.444. The molecule has 0 fully saturated rings. The van der Waals surface area contributed by atoms with E-state index in [0.29, 0.717) is 36.8 Å². The van der Waals surface area contributed by atoms with E-state index in [1.807, 2.05) is 31.5 Å². The molecule has 0 aliphatic rings. The largest absolute Gasteiger partial charge is 0.490 e. The molecule has 0 radical (unpaired) electrons. The monoisotopic (exact) mass is 331 g/mol. The van der Waals surface area contributed by atoms with E-state index >= 15 is 0 Å². The van der Waals surface area contributed by atoms with Crippen LogP contribution in [0.1, 0.15) is 36.8 Å². The van der Waals surface area contributed by atoms with Crippen LogP contribution < -0.4 is 9.47 Å². The first kappa shape index (κ1) is 17.8. The molecular formula is C18H25N3O3. The molecule has 0 aliphatic heterocycles. The number of benzene rings is 1. The van der Waals surface area contributed by atoms with Gasteiger partial charge in [-0.15, -0.1) is 0 Å². The maximum Gasteiger partial charge on any atom is 0.254 e. The zero-order chi connectivity index (χ0) is 17.5. The highest BCUT2D eigenvalue weighted by molar-refractivity contribution is 5.94. The van der Waals surface area contributed by atoms with Crippen molar-refractivity contribution in [3.63, 3.8) is 0 Å². The van der Waals surface area contributed by atoms with E-state index < -0.39 is 0 Å². The van der Waals surface area contributed by atoms with E-state index in [9.17, 15) is 4.79 Å². The molecule has 1 aromatic heterocycles. The van der Waals surface area contributed by atoms with Gasteiger partial charge in [0.2, 0.25) is 0 Å². The lowest BCUT2D eigenvalue weighted by Gasteiger charge is -2.19. The maximum atomic E-state index is 12.7. The van der Waals surface area contributed by atoms with E-state index in [4.69, 9.17) is 9.47 Å². The van der Waals surface area contributed by atoms with Crippen molar-refractivity contribution < 1.29 is 14.3 Å². The number of hydrogen-bond acceptors (Lipinski definition) is 4. The van der Waals surface area contributed by atoms with Crippen molar-refractivity contribution in [2.45, 2.75) is 33.9 Å². The molecule has 1 amide bonds. The quantitative estimate of drug-likeness (QED) is 0.746. The number of aryl methyl sites for hydroxylation is 1. The molecule has 0 atom stereocenters. The molecule has 0 aliphatic carbocycles. The van der Waals surface area contributed by atoms with Crippen molar-refractivity contribution in [2.75, 3.05) is 20.3 Å². The van der Waals surface area contributed by atoms with E-state index in [0.717, 1.165) is 12.2 Å². The third-order valence-electron chi connectivity index (χ3n) is 3.64. The smallest absolute Gasteiger partial charge is 0.254 e. The van der Waals surface area contributed by atoms with Gasteiger partial charge in [0.1, 0.15) is 0 Å². The third-order valence-corrected chi connectivity index (χ3v) is 3.64. The second-order valence-corrected chi connectivity index (χ2v) is 5.33. The Morgan fingerprint density at radius 1 is 1.12 bits per heavy atom. The summed E-state index contributed by atoms with van der Waals surface area (Å²) >= 11 is 0. The number of nitrogens with zero attached hydrogens (tertiary/aromatic N) is 3. The number of aromatic nitrogens is 2. The van der Waals surface area contributed by atoms with Gasteiger partial charge in [0.25, 0.3) is 5.91 Å². The Morgan fingerprint density at radius 2 is 1.83 bits per heavy atom. The van der Waals surface area contributed by atoms with Gasteiger partial charge in [-0.05, 0) is 45.0 Å². The summed E-state index contributed by atoms with van der Waals surface area (Å²) in [6.07, 6.45) is 1.75. The Balaban J connectivity index is 2.17. The van der Waals surface area contributed by atoms with Crippen molar-refractivity contribution in [3.8, 4) is 11.5 Å². The minimum absolute atomic E-state index is 0.0668. The van der Waals surface area contributed by atoms with Crippen molar-refractivity contribution in [1.82, 2.24) is 14.7 Å². The molecule has 6 nitrogen and oxygen atoms in total. The van der Waals surface area contributed by atoms with E-state index in [2.05, 4.69) is 5.10 Å². The molecule has 1 aromatic carbocycles. The Labute approximate surface area is 143 Å². The number of carbonyl (C=O) groups is 1. The fourth-order valence-electron chi connectivity index (χ4n) is 2.50. The molecule has 0 spiro atoms. The number of rotatable bonds is 8. The van der Waals surface area contributed by atoms with Crippen LogP contribution in [0.15, 0.2) is 30.5 Å². The van der Waals surface area contributed by atoms with Crippen molar-refractivity contribution in [3.05, 3.63) is 41.7 Å². The van der Waals surface area contributed by atoms with Gasteiger partial charge in [-0.2, -0.15) is 5.10 Å². The van der Waals surface area contributed by atoms with Gasteiger partial charge < -0.3 is 14.4 Å². The minimum Gasteiger partial charge on any atom is -0.490 e. The van der Waals surface area contributed by atoms with Crippen LogP contribution >= 0.6 is 0 Å². The lowest BCUT2D eigenvalue weighted by molar-refractivity contribution is 0.0781. The molecule has 0 saturated carbocycles. The summed E-state index contributed by atoms with van der Waals surface area (Å²) < 4.78 is 13.0. The summed E-state index contributed by atoms with van der Waals surface area (Å²) in [7, 11) is 1.78. The Kier molecular flexibility index (Phi) is 6.23. The van der Waals surface area contributed by atoms with Crippen molar-refractivity contribution in [1.29, 1.82) is 0 Å². The number of hydrogen-bond donors (Lipinski definition) is 0. The lowest BCUT2D eigenvalue weighted by atomic mass is 10.1. The topological polar surface area (TPSA) is 56.6 Å². The van der Waals surface area contributed by atoms with Crippen LogP contribution in [0.2, 0.25) is 0 Å². The fourth-order valence-corrected chi connectivity index (χ4v) is 2.50. The van der Waals surface area contributed by atoms with Gasteiger partial charge in [-0.25, -0.2) is 0 Å². The normalized spacial score (nSPS) is 10.5. The minimum atomic E-state index is -0.0668. The predicted octanol–water partition coefficient (Wildman–Crippen LogP) is 2.97. The van der Waals surface area contributed by atoms with Crippen LogP contribution in [0.4, 0.5) is 0 Å². The van der Waals surface area contributed by atoms with E-state index in [1.54, 1.807) is 36.3 Å². The van der Waals surface area contributed by atoms with Crippen LogP contribution in [0.3, 0.4) is 0 Å². The molecule has 0 N–H and O–H groups in total. The summed E-state index contributed by atoms with van der Waals surface area (Å²) in [6, 6.07) is 7.22. The third kappa shape index (κ3) is 4.07. The summed E-state index contributed by atoms with van der Waals surface area (Å²) in [6.45, 7) is 8.20. The summed E-state index contributed by atoms with van der Waals surface area (Å²) in [5, 5.41) is 4.23. The van der Waals surface area contributed by atoms with Crippen LogP contribution in [0.5, 0.6) is 11.5 Å². The number of amides is 1. The first-order valence-corrected chi connectivity index (χ1v) is 8.26. The first-order chi connectivity index (χ1) is 11.6. The standard InChI is InChI=1S/C18H25N3O3/c1-5-21-15(10-11-19-21)13-20(4)18(22)14-8-9-16(23-6-2)17(12-14)24-7-3/h8-12H,5-7,13H2,1-4H3. The van der Waals surface area contributed by atoms with Gasteiger partial charge in [0.05, 0.1) is 25.5 Å². The van der Waals surface area contributed by atoms with Gasteiger partial charge in [-0.1, -0.05) is 0 Å². The zero-order valence-corrected chi connectivity index (χ0v) is 14.8. The number of ether oxygens (including phenoxy) is 2. The molecule has 2 aromatic rings. The summed E-state index contributed by atoms with van der Waals surface area (Å²) in [5.41, 5.74) is 1.58. The highest BCUT2D eigenvalue weighted by Gasteiger charge is 2.16. The molecule has 0 saturated heterocycles. The van der Waals surface area contributed by atoms with Crippen LogP contribution in [0.25, 0.3) is 0 Å². The molecule has 0 bridgehead atoms. The van der Waals surface area contributed by atoms with Crippen LogP contribution in [-0.4, -0.2) is 40.8 Å². The van der Waals surface area contributed by atoms with Crippen LogP contribution in [0, 0.1) is 0 Å². The summed E-state index contributed by atoms with van der Waals surface area (Å²) in [5.74, 6) is 1.18. The van der Waals surface area contributed by atoms with Gasteiger partial charge in [0, 0.05) is 25.4 Å². The first-order valence-electron chi connectivity index (χ1n) is 8.26. The molecule has 6 heteroatoms. The highest BCUT2D eigenvalue weighted by atomic mass is 16.5. The second kappa shape index (κ2) is 8.38. The molecule has 2 rings (SSSR count). The van der Waals surface area contributed by atoms with Gasteiger partial charge in [-0.3, -0.25) is 9.48 Å². The zero-order valence-electron chi connectivity index (χ0n) is 14.8. The maximum absolute atomic E-state index is 12.7. The number of carbonyl (C=O) groups excluding carboxylic acids is 1. The second-order valence-electron chi connectivity index (χ2n) is 5.33. The molecule has 130 valence electrons. The molecule has 24 heavy (non-hydrogen) atoms. The average Bonchev–Trinajstić information content (AvgIpc) is 3.03. The van der Waals surface area contributed by atoms with Gasteiger partial charge >= 0.3 is 0 Å². The average molecular weight is 331 g/mol. The SMILES string of the molecule is CCOc1ccc(C(=O)N(C)Cc2ccnn2CC)cc1OCC. The lowest BCUT2D eigenvalue weighted by Crippen LogP contribution is -2.27. The van der Waals surface area contributed by atoms with Crippen molar-refractivity contribution >= 4 is 5.91 Å². The van der Waals surface area contributed by atoms with E-state index in [-0.39, 0.29) is 5.91 Å². The van der Waals surface area contributed by atoms with Crippen LogP contribution in [-0.2, 0) is 13.1 Å². The highest BCUT2D eigenvalue weighted by Crippen LogP contribution is 2.29. The van der Waals surface area contributed by atoms with E-state index in [1.165, 1.54) is 0 Å². The predicted molar refractivity (Wildman–Crippen MR) is 92.5 cm³/mol. The Morgan fingerprint density at radius 3 is 2.50 bits per heavy atom. The Bertz CT molecular complexity index is 682. The molecular weight excluding hydrogens is 306 g/mol. The molecule has 0 unspecified atom stereocenters. The molecule has 1 heterocycles. The Hall–Kier alpha value is -2.50. The van der Waals surface area contributed by atoms with Gasteiger partial charge in [0.15, 0.2) is 11.5 Å². The van der Waals surface area contributed by atoms with Crippen molar-refractivity contribution in [2.24, 2.45) is 0 Å².